The maximum Gasteiger partial charge on any atom is 0.322 e. The van der Waals surface area contributed by atoms with Gasteiger partial charge in [0.25, 0.3) is 0 Å². The van der Waals surface area contributed by atoms with E-state index >= 15 is 0 Å². The molecule has 0 saturated heterocycles. The Morgan fingerprint density at radius 1 is 1.19 bits per heavy atom. The van der Waals surface area contributed by atoms with Gasteiger partial charge in [0.1, 0.15) is 17.3 Å². The third-order valence-corrected chi connectivity index (χ3v) is 3.18. The van der Waals surface area contributed by atoms with Gasteiger partial charge in [0.15, 0.2) is 0 Å². The highest BCUT2D eigenvalue weighted by Crippen LogP contribution is 2.25. The van der Waals surface area contributed by atoms with Gasteiger partial charge in [-0.2, -0.15) is 4.98 Å². The first-order valence-corrected chi connectivity index (χ1v) is 6.85. The number of nitrogen functional groups attached to an aromatic ring is 1. The predicted molar refractivity (Wildman–Crippen MR) is 83.1 cm³/mol. The fourth-order valence-electron chi connectivity index (χ4n) is 2.19. The lowest BCUT2D eigenvalue weighted by Gasteiger charge is -2.12. The van der Waals surface area contributed by atoms with Crippen LogP contribution in [0.25, 0.3) is 0 Å². The van der Waals surface area contributed by atoms with Gasteiger partial charge >= 0.3 is 6.01 Å². The first-order valence-electron chi connectivity index (χ1n) is 6.85. The molecule has 5 heteroatoms. The Hall–Kier alpha value is -2.43. The molecule has 0 amide bonds. The Kier molecular flexibility index (Phi) is 4.21. The van der Waals surface area contributed by atoms with Crippen LogP contribution in [0.3, 0.4) is 0 Å². The van der Waals surface area contributed by atoms with Crippen LogP contribution < -0.4 is 10.5 Å². The molecule has 0 unspecified atom stereocenters. The number of nitrogens with one attached hydrogen (secondary N) is 1. The van der Waals surface area contributed by atoms with Crippen LogP contribution in [-0.4, -0.2) is 15.8 Å². The summed E-state index contributed by atoms with van der Waals surface area (Å²) in [5.41, 5.74) is 8.99. The largest absolute Gasteiger partial charge is 0.424 e. The third-order valence-electron chi connectivity index (χ3n) is 3.18. The summed E-state index contributed by atoms with van der Waals surface area (Å²) in [7, 11) is 0. The van der Waals surface area contributed by atoms with Gasteiger partial charge < -0.3 is 10.5 Å². The molecular formula is C16H20N4O. The molecule has 2 rings (SSSR count). The van der Waals surface area contributed by atoms with Crippen molar-refractivity contribution in [2.45, 2.75) is 33.6 Å². The maximum atomic E-state index is 7.45. The van der Waals surface area contributed by atoms with Gasteiger partial charge in [-0.15, -0.1) is 0 Å². The van der Waals surface area contributed by atoms with Gasteiger partial charge in [-0.3, -0.25) is 5.41 Å². The SMILES string of the molecule is Cc1cc(C(=N)N)nc(Oc2ccc(C(C)C)c(C)c2)n1. The number of nitrogens with zero attached hydrogens (tertiary/aromatic N) is 2. The lowest BCUT2D eigenvalue weighted by molar-refractivity contribution is 0.439. The molecule has 0 aliphatic rings. The number of ether oxygens (including phenoxy) is 1. The highest BCUT2D eigenvalue weighted by molar-refractivity contribution is 5.93. The molecule has 0 spiro atoms. The van der Waals surface area contributed by atoms with E-state index in [1.165, 1.54) is 11.1 Å². The second kappa shape index (κ2) is 5.91. The standard InChI is InChI=1S/C16H20N4O/c1-9(2)13-6-5-12(7-10(13)3)21-16-19-11(4)8-14(20-16)15(17)18/h5-9H,1-4H3,(H3,17,18). The number of aryl methyl sites for hydroxylation is 2. The molecule has 0 aliphatic carbocycles. The van der Waals surface area contributed by atoms with E-state index in [9.17, 15) is 0 Å². The van der Waals surface area contributed by atoms with Crippen molar-refractivity contribution in [2.75, 3.05) is 0 Å². The minimum atomic E-state index is -0.100. The summed E-state index contributed by atoms with van der Waals surface area (Å²) in [6.07, 6.45) is 0. The maximum absolute atomic E-state index is 7.45. The third kappa shape index (κ3) is 3.56. The summed E-state index contributed by atoms with van der Waals surface area (Å²) in [5.74, 6) is 1.05. The van der Waals surface area contributed by atoms with E-state index in [1.807, 2.05) is 19.1 Å². The molecule has 1 heterocycles. The Morgan fingerprint density at radius 3 is 2.48 bits per heavy atom. The summed E-state index contributed by atoms with van der Waals surface area (Å²) >= 11 is 0. The number of benzene rings is 1. The second-order valence-corrected chi connectivity index (χ2v) is 5.37. The molecule has 5 nitrogen and oxygen atoms in total. The van der Waals surface area contributed by atoms with Gasteiger partial charge in [0, 0.05) is 5.69 Å². The number of aromatic nitrogens is 2. The molecule has 0 bridgehead atoms. The van der Waals surface area contributed by atoms with Crippen LogP contribution in [0.15, 0.2) is 24.3 Å². The quantitative estimate of drug-likeness (QED) is 0.666. The summed E-state index contributed by atoms with van der Waals surface area (Å²) in [6, 6.07) is 7.78. The van der Waals surface area contributed by atoms with Crippen LogP contribution >= 0.6 is 0 Å². The molecule has 0 fully saturated rings. The molecule has 0 atom stereocenters. The summed E-state index contributed by atoms with van der Waals surface area (Å²) in [6.45, 7) is 8.19. The monoisotopic (exact) mass is 284 g/mol. The predicted octanol–water partition coefficient (Wildman–Crippen LogP) is 3.29. The highest BCUT2D eigenvalue weighted by Gasteiger charge is 2.09. The van der Waals surface area contributed by atoms with Crippen molar-refractivity contribution < 1.29 is 4.74 Å². The number of rotatable bonds is 4. The van der Waals surface area contributed by atoms with E-state index < -0.39 is 0 Å². The van der Waals surface area contributed by atoms with E-state index in [4.69, 9.17) is 15.9 Å². The van der Waals surface area contributed by atoms with Gasteiger partial charge in [0.05, 0.1) is 0 Å². The normalized spacial score (nSPS) is 10.7. The molecule has 1 aromatic heterocycles. The van der Waals surface area contributed by atoms with Gasteiger partial charge in [0.2, 0.25) is 0 Å². The van der Waals surface area contributed by atoms with Crippen molar-refractivity contribution in [3.05, 3.63) is 46.8 Å². The Bertz CT molecular complexity index is 680. The fourth-order valence-corrected chi connectivity index (χ4v) is 2.19. The van der Waals surface area contributed by atoms with Crippen molar-refractivity contribution in [2.24, 2.45) is 5.73 Å². The van der Waals surface area contributed by atoms with Crippen LogP contribution in [-0.2, 0) is 0 Å². The summed E-state index contributed by atoms with van der Waals surface area (Å²) in [4.78, 5) is 8.35. The number of nitrogens with two attached hydrogens (primary N) is 1. The minimum Gasteiger partial charge on any atom is -0.424 e. The van der Waals surface area contributed by atoms with Gasteiger partial charge in [-0.05, 0) is 49.1 Å². The molecule has 3 N–H and O–H groups in total. The minimum absolute atomic E-state index is 0.100. The topological polar surface area (TPSA) is 84.9 Å². The molecule has 2 aromatic rings. The molecule has 0 saturated carbocycles. The van der Waals surface area contributed by atoms with E-state index in [2.05, 4.69) is 36.8 Å². The number of hydrogen-bond donors (Lipinski definition) is 2. The van der Waals surface area contributed by atoms with Crippen LogP contribution in [0.2, 0.25) is 0 Å². The van der Waals surface area contributed by atoms with Crippen LogP contribution in [0.5, 0.6) is 11.8 Å². The van der Waals surface area contributed by atoms with Gasteiger partial charge in [-0.1, -0.05) is 19.9 Å². The van der Waals surface area contributed by atoms with E-state index in [-0.39, 0.29) is 11.8 Å². The van der Waals surface area contributed by atoms with Crippen LogP contribution in [0.4, 0.5) is 0 Å². The highest BCUT2D eigenvalue weighted by atomic mass is 16.5. The Morgan fingerprint density at radius 2 is 1.90 bits per heavy atom. The number of amidine groups is 1. The fraction of sp³-hybridized carbons (Fsp3) is 0.312. The number of hydrogen-bond acceptors (Lipinski definition) is 4. The smallest absolute Gasteiger partial charge is 0.322 e. The van der Waals surface area contributed by atoms with Crippen molar-refractivity contribution in [3.8, 4) is 11.8 Å². The zero-order valence-electron chi connectivity index (χ0n) is 12.8. The average Bonchev–Trinajstić information content (AvgIpc) is 2.37. The zero-order valence-corrected chi connectivity index (χ0v) is 12.8. The summed E-state index contributed by atoms with van der Waals surface area (Å²) in [5, 5.41) is 7.45. The average molecular weight is 284 g/mol. The van der Waals surface area contributed by atoms with Crippen molar-refractivity contribution >= 4 is 5.84 Å². The van der Waals surface area contributed by atoms with Gasteiger partial charge in [-0.25, -0.2) is 4.98 Å². The van der Waals surface area contributed by atoms with Crippen molar-refractivity contribution in [3.63, 3.8) is 0 Å². The second-order valence-electron chi connectivity index (χ2n) is 5.37. The van der Waals surface area contributed by atoms with E-state index in [0.29, 0.717) is 23.1 Å². The van der Waals surface area contributed by atoms with Crippen LogP contribution in [0.1, 0.15) is 42.3 Å². The summed E-state index contributed by atoms with van der Waals surface area (Å²) < 4.78 is 5.69. The molecule has 0 radical (unpaired) electrons. The zero-order chi connectivity index (χ0) is 15.6. The Balaban J connectivity index is 2.30. The van der Waals surface area contributed by atoms with E-state index in [1.54, 1.807) is 6.07 Å². The van der Waals surface area contributed by atoms with Crippen molar-refractivity contribution in [1.82, 2.24) is 9.97 Å². The van der Waals surface area contributed by atoms with E-state index in [0.717, 1.165) is 0 Å². The van der Waals surface area contributed by atoms with Crippen LogP contribution in [0, 0.1) is 19.3 Å². The lowest BCUT2D eigenvalue weighted by atomic mass is 9.98. The van der Waals surface area contributed by atoms with Crippen molar-refractivity contribution in [1.29, 1.82) is 5.41 Å². The molecule has 1 aromatic carbocycles. The molecule has 110 valence electrons. The molecular weight excluding hydrogens is 264 g/mol. The Labute approximate surface area is 124 Å². The first-order chi connectivity index (χ1) is 9.86. The molecule has 21 heavy (non-hydrogen) atoms. The molecule has 0 aliphatic heterocycles. The lowest BCUT2D eigenvalue weighted by Crippen LogP contribution is -2.14. The first kappa shape index (κ1) is 15.0.